The van der Waals surface area contributed by atoms with Crippen LogP contribution in [0.25, 0.3) is 0 Å². The number of nitrogens with zero attached hydrogens (tertiary/aromatic N) is 1. The predicted molar refractivity (Wildman–Crippen MR) is 61.9 cm³/mol. The maximum absolute atomic E-state index is 10.8. The van der Waals surface area contributed by atoms with Crippen LogP contribution in [0, 0.1) is 6.92 Å². The van der Waals surface area contributed by atoms with Crippen LogP contribution >= 0.6 is 12.6 Å². The summed E-state index contributed by atoms with van der Waals surface area (Å²) in [5.41, 5.74) is 2.56. The van der Waals surface area contributed by atoms with Crippen molar-refractivity contribution >= 4 is 17.9 Å². The first-order chi connectivity index (χ1) is 6.61. The van der Waals surface area contributed by atoms with E-state index in [9.17, 15) is 4.79 Å². The molecule has 0 unspecified atom stereocenters. The van der Waals surface area contributed by atoms with Crippen LogP contribution in [0.2, 0.25) is 0 Å². The molecule has 1 amide bonds. The van der Waals surface area contributed by atoms with Crippen molar-refractivity contribution in [3.63, 3.8) is 0 Å². The molecule has 1 rings (SSSR count). The largest absolute Gasteiger partial charge is 0.337 e. The van der Waals surface area contributed by atoms with E-state index in [0.29, 0.717) is 6.54 Å². The molecule has 0 aliphatic carbocycles. The number of carbonyl (C=O) groups is 1. The average Bonchev–Trinajstić information content (AvgIpc) is 2.16. The van der Waals surface area contributed by atoms with Crippen LogP contribution < -0.4 is 0 Å². The highest BCUT2D eigenvalue weighted by Gasteiger charge is 2.03. The fraction of sp³-hybridized carbons (Fsp3) is 0.364. The summed E-state index contributed by atoms with van der Waals surface area (Å²) in [5.74, 6) is 0. The van der Waals surface area contributed by atoms with Gasteiger partial charge in [-0.25, -0.2) is 0 Å². The zero-order chi connectivity index (χ0) is 10.6. The van der Waals surface area contributed by atoms with Crippen molar-refractivity contribution in [3.8, 4) is 0 Å². The standard InChI is InChI=1S/C11H15NOS/c1-9-5-3-4-6-10(9)7-8-12(2)11(13)14/h3-6H,7-8H2,1-2H3,(H,13,14). The van der Waals surface area contributed by atoms with Crippen LogP contribution in [0.1, 0.15) is 11.1 Å². The van der Waals surface area contributed by atoms with Crippen LogP contribution in [-0.2, 0) is 6.42 Å². The summed E-state index contributed by atoms with van der Waals surface area (Å²) in [6, 6.07) is 8.21. The Kier molecular flexibility index (Phi) is 4.01. The quantitative estimate of drug-likeness (QED) is 0.758. The maximum Gasteiger partial charge on any atom is 0.278 e. The molecule has 1 aromatic rings. The molecule has 0 heterocycles. The zero-order valence-electron chi connectivity index (χ0n) is 8.53. The third-order valence-electron chi connectivity index (χ3n) is 2.30. The lowest BCUT2D eigenvalue weighted by atomic mass is 10.1. The molecule has 0 N–H and O–H groups in total. The van der Waals surface area contributed by atoms with Crippen LogP contribution in [0.5, 0.6) is 0 Å². The van der Waals surface area contributed by atoms with Gasteiger partial charge in [0.15, 0.2) is 0 Å². The summed E-state index contributed by atoms with van der Waals surface area (Å²) >= 11 is 3.75. The minimum atomic E-state index is -0.182. The van der Waals surface area contributed by atoms with E-state index in [1.165, 1.54) is 11.1 Å². The van der Waals surface area contributed by atoms with Crippen molar-refractivity contribution in [1.29, 1.82) is 0 Å². The Bertz CT molecular complexity index is 325. The van der Waals surface area contributed by atoms with E-state index in [1.54, 1.807) is 11.9 Å². The summed E-state index contributed by atoms with van der Waals surface area (Å²) in [4.78, 5) is 12.4. The van der Waals surface area contributed by atoms with Gasteiger partial charge in [-0.2, -0.15) is 0 Å². The Morgan fingerprint density at radius 1 is 1.43 bits per heavy atom. The minimum absolute atomic E-state index is 0.182. The molecule has 0 saturated heterocycles. The SMILES string of the molecule is Cc1ccccc1CCN(C)C(=O)S. The molecule has 76 valence electrons. The van der Waals surface area contributed by atoms with Gasteiger partial charge in [0.05, 0.1) is 0 Å². The summed E-state index contributed by atoms with van der Waals surface area (Å²) in [5, 5.41) is -0.182. The average molecular weight is 209 g/mol. The van der Waals surface area contributed by atoms with Crippen molar-refractivity contribution in [1.82, 2.24) is 4.90 Å². The molecule has 0 bridgehead atoms. The summed E-state index contributed by atoms with van der Waals surface area (Å²) in [6.45, 7) is 2.80. The van der Waals surface area contributed by atoms with Gasteiger partial charge in [0, 0.05) is 13.6 Å². The molecule has 14 heavy (non-hydrogen) atoms. The van der Waals surface area contributed by atoms with Crippen molar-refractivity contribution in [3.05, 3.63) is 35.4 Å². The van der Waals surface area contributed by atoms with Gasteiger partial charge in [-0.05, 0) is 24.5 Å². The van der Waals surface area contributed by atoms with Crippen molar-refractivity contribution in [2.45, 2.75) is 13.3 Å². The Hall–Kier alpha value is -0.960. The molecule has 1 aromatic carbocycles. The highest BCUT2D eigenvalue weighted by Crippen LogP contribution is 2.08. The normalized spacial score (nSPS) is 9.93. The Labute approximate surface area is 90.3 Å². The maximum atomic E-state index is 10.8. The van der Waals surface area contributed by atoms with Crippen molar-refractivity contribution in [2.24, 2.45) is 0 Å². The molecule has 0 spiro atoms. The Morgan fingerprint density at radius 2 is 2.07 bits per heavy atom. The van der Waals surface area contributed by atoms with E-state index in [0.717, 1.165) is 6.42 Å². The first-order valence-electron chi connectivity index (χ1n) is 4.60. The lowest BCUT2D eigenvalue weighted by molar-refractivity contribution is 0.234. The second kappa shape index (κ2) is 5.05. The van der Waals surface area contributed by atoms with Gasteiger partial charge in [0.1, 0.15) is 0 Å². The van der Waals surface area contributed by atoms with Gasteiger partial charge in [-0.15, -0.1) is 0 Å². The molecule has 0 aliphatic rings. The highest BCUT2D eigenvalue weighted by molar-refractivity contribution is 7.96. The number of hydrogen-bond acceptors (Lipinski definition) is 1. The van der Waals surface area contributed by atoms with Gasteiger partial charge < -0.3 is 4.90 Å². The number of aryl methyl sites for hydroxylation is 1. The predicted octanol–water partition coefficient (Wildman–Crippen LogP) is 2.52. The fourth-order valence-electron chi connectivity index (χ4n) is 1.27. The number of rotatable bonds is 3. The highest BCUT2D eigenvalue weighted by atomic mass is 32.1. The molecule has 0 atom stereocenters. The Morgan fingerprint density at radius 3 is 2.64 bits per heavy atom. The third kappa shape index (κ3) is 3.07. The molecule has 0 aromatic heterocycles. The molecular formula is C11H15NOS. The summed E-state index contributed by atoms with van der Waals surface area (Å²) in [7, 11) is 1.76. The lowest BCUT2D eigenvalue weighted by Crippen LogP contribution is -2.23. The van der Waals surface area contributed by atoms with Crippen molar-refractivity contribution in [2.75, 3.05) is 13.6 Å². The number of hydrogen-bond donors (Lipinski definition) is 1. The van der Waals surface area contributed by atoms with E-state index in [1.807, 2.05) is 12.1 Å². The van der Waals surface area contributed by atoms with E-state index in [-0.39, 0.29) is 5.24 Å². The molecule has 3 heteroatoms. The summed E-state index contributed by atoms with van der Waals surface area (Å²) in [6.07, 6.45) is 0.884. The molecule has 2 nitrogen and oxygen atoms in total. The van der Waals surface area contributed by atoms with Crippen LogP contribution in [0.4, 0.5) is 4.79 Å². The molecule has 0 fully saturated rings. The van der Waals surface area contributed by atoms with Crippen LogP contribution in [0.3, 0.4) is 0 Å². The molecule has 0 saturated carbocycles. The van der Waals surface area contributed by atoms with Crippen molar-refractivity contribution < 1.29 is 4.79 Å². The molecular weight excluding hydrogens is 194 g/mol. The van der Waals surface area contributed by atoms with Crippen LogP contribution in [0.15, 0.2) is 24.3 Å². The topological polar surface area (TPSA) is 20.3 Å². The number of likely N-dealkylation sites (N-methyl/N-ethyl adjacent to an activating group) is 1. The Balaban J connectivity index is 2.54. The van der Waals surface area contributed by atoms with Gasteiger partial charge in [-0.1, -0.05) is 36.9 Å². The summed E-state index contributed by atoms with van der Waals surface area (Å²) < 4.78 is 0. The first kappa shape index (κ1) is 11.1. The first-order valence-corrected chi connectivity index (χ1v) is 5.04. The zero-order valence-corrected chi connectivity index (χ0v) is 9.42. The molecule has 0 aliphatic heterocycles. The fourth-order valence-corrected chi connectivity index (χ4v) is 1.37. The lowest BCUT2D eigenvalue weighted by Gasteiger charge is -2.14. The third-order valence-corrected chi connectivity index (χ3v) is 2.65. The number of thiol groups is 1. The van der Waals surface area contributed by atoms with Crippen LogP contribution in [-0.4, -0.2) is 23.7 Å². The second-order valence-corrected chi connectivity index (χ2v) is 3.76. The van der Waals surface area contributed by atoms with E-state index in [2.05, 4.69) is 31.7 Å². The number of benzene rings is 1. The smallest absolute Gasteiger partial charge is 0.278 e. The monoisotopic (exact) mass is 209 g/mol. The van der Waals surface area contributed by atoms with E-state index in [4.69, 9.17) is 0 Å². The van der Waals surface area contributed by atoms with Gasteiger partial charge in [-0.3, -0.25) is 4.79 Å². The molecule has 0 radical (unpaired) electrons. The van der Waals surface area contributed by atoms with Gasteiger partial charge >= 0.3 is 0 Å². The number of carbonyl (C=O) groups excluding carboxylic acids is 1. The van der Waals surface area contributed by atoms with E-state index < -0.39 is 0 Å². The second-order valence-electron chi connectivity index (χ2n) is 3.38. The number of amides is 1. The van der Waals surface area contributed by atoms with Gasteiger partial charge in [0.25, 0.3) is 5.24 Å². The van der Waals surface area contributed by atoms with Gasteiger partial charge in [0.2, 0.25) is 0 Å². The minimum Gasteiger partial charge on any atom is -0.337 e. The van der Waals surface area contributed by atoms with E-state index >= 15 is 0 Å².